The van der Waals surface area contributed by atoms with Gasteiger partial charge in [-0.3, -0.25) is 4.79 Å². The SMILES string of the molecule is COc1ccc(-c2ccc(C=NNC(=O)COc3cc(Cl)ccc3Cl)o2)cc1Cl. The quantitative estimate of drug-likeness (QED) is 0.382. The van der Waals surface area contributed by atoms with Gasteiger partial charge in [-0.25, -0.2) is 5.43 Å². The Labute approximate surface area is 182 Å². The summed E-state index contributed by atoms with van der Waals surface area (Å²) in [6.07, 6.45) is 1.37. The number of furan rings is 1. The molecule has 29 heavy (non-hydrogen) atoms. The lowest BCUT2D eigenvalue weighted by atomic mass is 10.2. The van der Waals surface area contributed by atoms with Gasteiger partial charge in [0, 0.05) is 16.7 Å². The molecule has 1 heterocycles. The molecule has 0 aliphatic rings. The Morgan fingerprint density at radius 2 is 1.90 bits per heavy atom. The van der Waals surface area contributed by atoms with Gasteiger partial charge >= 0.3 is 0 Å². The lowest BCUT2D eigenvalue weighted by Gasteiger charge is -2.07. The van der Waals surface area contributed by atoms with Crippen molar-refractivity contribution in [1.29, 1.82) is 0 Å². The molecule has 150 valence electrons. The van der Waals surface area contributed by atoms with Crippen LogP contribution in [0.4, 0.5) is 0 Å². The highest BCUT2D eigenvalue weighted by Crippen LogP contribution is 2.31. The van der Waals surface area contributed by atoms with Crippen LogP contribution in [0.1, 0.15) is 5.76 Å². The van der Waals surface area contributed by atoms with Gasteiger partial charge in [-0.15, -0.1) is 0 Å². The van der Waals surface area contributed by atoms with Crippen LogP contribution in [0.2, 0.25) is 15.1 Å². The van der Waals surface area contributed by atoms with Gasteiger partial charge in [0.05, 0.1) is 23.4 Å². The highest BCUT2D eigenvalue weighted by molar-refractivity contribution is 6.34. The van der Waals surface area contributed by atoms with Gasteiger partial charge in [0.1, 0.15) is 23.0 Å². The van der Waals surface area contributed by atoms with E-state index in [2.05, 4.69) is 10.5 Å². The number of hydrogen-bond donors (Lipinski definition) is 1. The molecule has 0 aliphatic heterocycles. The molecule has 0 radical (unpaired) electrons. The molecule has 6 nitrogen and oxygen atoms in total. The second kappa shape index (κ2) is 9.69. The molecule has 1 amide bonds. The van der Waals surface area contributed by atoms with Gasteiger partial charge in [0.25, 0.3) is 5.91 Å². The Morgan fingerprint density at radius 1 is 1.07 bits per heavy atom. The average molecular weight is 454 g/mol. The summed E-state index contributed by atoms with van der Waals surface area (Å²) in [5.74, 6) is 1.47. The molecular formula is C20H15Cl3N2O4. The number of nitrogens with zero attached hydrogens (tertiary/aromatic N) is 1. The average Bonchev–Trinajstić information content (AvgIpc) is 3.17. The minimum atomic E-state index is -0.467. The van der Waals surface area contributed by atoms with Crippen molar-refractivity contribution >= 4 is 46.9 Å². The van der Waals surface area contributed by atoms with Gasteiger partial charge in [0.2, 0.25) is 0 Å². The molecular weight excluding hydrogens is 439 g/mol. The van der Waals surface area contributed by atoms with E-state index >= 15 is 0 Å². The fourth-order valence-corrected chi connectivity index (χ4v) is 2.92. The Bertz CT molecular complexity index is 1050. The van der Waals surface area contributed by atoms with Gasteiger partial charge in [-0.2, -0.15) is 5.10 Å². The lowest BCUT2D eigenvalue weighted by Crippen LogP contribution is -2.24. The molecule has 3 aromatic rings. The summed E-state index contributed by atoms with van der Waals surface area (Å²) < 4.78 is 16.1. The van der Waals surface area contributed by atoms with Crippen molar-refractivity contribution in [2.75, 3.05) is 13.7 Å². The first-order valence-corrected chi connectivity index (χ1v) is 9.43. The van der Waals surface area contributed by atoms with E-state index in [9.17, 15) is 4.79 Å². The molecule has 0 saturated heterocycles. The second-order valence-corrected chi connectivity index (χ2v) is 6.96. The molecule has 0 saturated carbocycles. The zero-order chi connectivity index (χ0) is 20.8. The summed E-state index contributed by atoms with van der Waals surface area (Å²) in [6.45, 7) is -0.273. The summed E-state index contributed by atoms with van der Waals surface area (Å²) in [6, 6.07) is 13.5. The minimum absolute atomic E-state index is 0.273. The van der Waals surface area contributed by atoms with Crippen molar-refractivity contribution in [1.82, 2.24) is 5.43 Å². The number of rotatable bonds is 7. The van der Waals surface area contributed by atoms with E-state index in [0.29, 0.717) is 38.1 Å². The maximum atomic E-state index is 11.8. The first kappa shape index (κ1) is 21.0. The van der Waals surface area contributed by atoms with Gasteiger partial charge < -0.3 is 13.9 Å². The van der Waals surface area contributed by atoms with E-state index in [1.54, 1.807) is 43.5 Å². The number of ether oxygens (including phenoxy) is 2. The summed E-state index contributed by atoms with van der Waals surface area (Å²) in [5, 5.41) is 5.13. The van der Waals surface area contributed by atoms with Crippen LogP contribution in [-0.4, -0.2) is 25.8 Å². The highest BCUT2D eigenvalue weighted by atomic mass is 35.5. The van der Waals surface area contributed by atoms with Crippen molar-refractivity contribution in [3.05, 3.63) is 69.4 Å². The summed E-state index contributed by atoms with van der Waals surface area (Å²) in [5.41, 5.74) is 3.12. The van der Waals surface area contributed by atoms with Gasteiger partial charge in [-0.05, 0) is 42.5 Å². The number of benzene rings is 2. The summed E-state index contributed by atoms with van der Waals surface area (Å²) in [4.78, 5) is 11.8. The zero-order valence-electron chi connectivity index (χ0n) is 15.1. The van der Waals surface area contributed by atoms with Crippen molar-refractivity contribution in [2.24, 2.45) is 5.10 Å². The molecule has 9 heteroatoms. The number of carbonyl (C=O) groups is 1. The second-order valence-electron chi connectivity index (χ2n) is 5.71. The summed E-state index contributed by atoms with van der Waals surface area (Å²) in [7, 11) is 1.55. The van der Waals surface area contributed by atoms with E-state index in [0.717, 1.165) is 5.56 Å². The van der Waals surface area contributed by atoms with E-state index in [1.165, 1.54) is 12.3 Å². The molecule has 1 aromatic heterocycles. The Hall–Kier alpha value is -2.67. The highest BCUT2D eigenvalue weighted by Gasteiger charge is 2.08. The largest absolute Gasteiger partial charge is 0.495 e. The number of halogens is 3. The Morgan fingerprint density at radius 3 is 2.66 bits per heavy atom. The lowest BCUT2D eigenvalue weighted by molar-refractivity contribution is -0.123. The van der Waals surface area contributed by atoms with E-state index in [-0.39, 0.29) is 6.61 Å². The zero-order valence-corrected chi connectivity index (χ0v) is 17.4. The number of hydrazone groups is 1. The van der Waals surface area contributed by atoms with Crippen LogP contribution in [0.15, 0.2) is 58.0 Å². The van der Waals surface area contributed by atoms with Gasteiger partial charge in [-0.1, -0.05) is 34.8 Å². The minimum Gasteiger partial charge on any atom is -0.495 e. The molecule has 2 aromatic carbocycles. The Balaban J connectivity index is 1.55. The molecule has 0 atom stereocenters. The van der Waals surface area contributed by atoms with Crippen molar-refractivity contribution in [3.8, 4) is 22.8 Å². The number of hydrogen-bond acceptors (Lipinski definition) is 5. The normalized spacial score (nSPS) is 10.9. The number of nitrogens with one attached hydrogen (secondary N) is 1. The van der Waals surface area contributed by atoms with E-state index < -0.39 is 5.91 Å². The van der Waals surface area contributed by atoms with E-state index in [4.69, 9.17) is 48.7 Å². The molecule has 1 N–H and O–H groups in total. The smallest absolute Gasteiger partial charge is 0.277 e. The van der Waals surface area contributed by atoms with Crippen LogP contribution in [-0.2, 0) is 4.79 Å². The molecule has 0 fully saturated rings. The van der Waals surface area contributed by atoms with Crippen molar-refractivity contribution < 1.29 is 18.7 Å². The van der Waals surface area contributed by atoms with Crippen molar-refractivity contribution in [3.63, 3.8) is 0 Å². The molecule has 0 bridgehead atoms. The van der Waals surface area contributed by atoms with Crippen LogP contribution in [0.25, 0.3) is 11.3 Å². The fourth-order valence-electron chi connectivity index (χ4n) is 2.33. The maximum Gasteiger partial charge on any atom is 0.277 e. The molecule has 0 unspecified atom stereocenters. The van der Waals surface area contributed by atoms with Crippen LogP contribution in [0.5, 0.6) is 11.5 Å². The third kappa shape index (κ3) is 5.67. The number of carbonyl (C=O) groups excluding carboxylic acids is 1. The third-order valence-electron chi connectivity index (χ3n) is 3.70. The summed E-state index contributed by atoms with van der Waals surface area (Å²) >= 11 is 18.0. The van der Waals surface area contributed by atoms with Crippen LogP contribution >= 0.6 is 34.8 Å². The van der Waals surface area contributed by atoms with Crippen molar-refractivity contribution in [2.45, 2.75) is 0 Å². The third-order valence-corrected chi connectivity index (χ3v) is 4.54. The monoisotopic (exact) mass is 452 g/mol. The standard InChI is InChI=1S/C20H15Cl3N2O4/c1-27-18-6-2-12(8-16(18)23)17-7-4-14(29-17)10-24-25-20(26)11-28-19-9-13(21)3-5-15(19)22/h2-10H,11H2,1H3,(H,25,26). The van der Waals surface area contributed by atoms with Crippen LogP contribution < -0.4 is 14.9 Å². The molecule has 0 spiro atoms. The predicted molar refractivity (Wildman–Crippen MR) is 113 cm³/mol. The Kier molecular flexibility index (Phi) is 7.04. The van der Waals surface area contributed by atoms with Crippen LogP contribution in [0, 0.1) is 0 Å². The van der Waals surface area contributed by atoms with E-state index in [1.807, 2.05) is 6.07 Å². The predicted octanol–water partition coefficient (Wildman–Crippen LogP) is 5.44. The van der Waals surface area contributed by atoms with Crippen LogP contribution in [0.3, 0.4) is 0 Å². The first-order valence-electron chi connectivity index (χ1n) is 8.30. The molecule has 0 aliphatic carbocycles. The topological polar surface area (TPSA) is 73.1 Å². The fraction of sp³-hybridized carbons (Fsp3) is 0.100. The van der Waals surface area contributed by atoms with Gasteiger partial charge in [0.15, 0.2) is 6.61 Å². The number of methoxy groups -OCH3 is 1. The maximum absolute atomic E-state index is 11.8. The number of amides is 1. The molecule has 3 rings (SSSR count). The first-order chi connectivity index (χ1) is 14.0.